The number of ether oxygens (including phenoxy) is 1. The summed E-state index contributed by atoms with van der Waals surface area (Å²) in [5, 5.41) is 0. The molecule has 1 fully saturated rings. The molecule has 0 amide bonds. The molecule has 0 N–H and O–H groups in total. The van der Waals surface area contributed by atoms with Gasteiger partial charge < -0.3 is 4.74 Å². The Balaban J connectivity index is 2.16. The van der Waals surface area contributed by atoms with Gasteiger partial charge in [0.2, 0.25) is 0 Å². The fraction of sp³-hybridized carbons (Fsp3) is 0.625. The third-order valence-corrected chi connectivity index (χ3v) is 3.03. The van der Waals surface area contributed by atoms with Crippen LogP contribution in [0.5, 0.6) is 0 Å². The van der Waals surface area contributed by atoms with Gasteiger partial charge in [-0.05, 0) is 6.42 Å². The van der Waals surface area contributed by atoms with Crippen LogP contribution in [0.1, 0.15) is 6.42 Å². The third-order valence-electron chi connectivity index (χ3n) is 1.53. The van der Waals surface area contributed by atoms with E-state index in [1.54, 1.807) is 0 Å². The van der Waals surface area contributed by atoms with E-state index in [0.29, 0.717) is 19.6 Å². The molecule has 0 atom stereocenters. The highest BCUT2D eigenvalue weighted by molar-refractivity contribution is 7.48. The average molecular weight is 236 g/mol. The number of carbonyl (C=O) groups excluding carboxylic acids is 1. The second-order valence-electron chi connectivity index (χ2n) is 2.67. The van der Waals surface area contributed by atoms with E-state index >= 15 is 0 Å². The molecule has 7 heteroatoms. The molecule has 0 saturated carbocycles. The zero-order chi connectivity index (χ0) is 11.1. The summed E-state index contributed by atoms with van der Waals surface area (Å²) in [7, 11) is -3.40. The zero-order valence-corrected chi connectivity index (χ0v) is 9.11. The van der Waals surface area contributed by atoms with Crippen LogP contribution in [0, 0.1) is 0 Å². The smallest absolute Gasteiger partial charge is 0.460 e. The van der Waals surface area contributed by atoms with Gasteiger partial charge in [0.1, 0.15) is 6.61 Å². The number of phosphoric acid groups is 1. The van der Waals surface area contributed by atoms with E-state index < -0.39 is 13.8 Å². The Morgan fingerprint density at radius 2 is 2.07 bits per heavy atom. The van der Waals surface area contributed by atoms with E-state index in [9.17, 15) is 9.36 Å². The summed E-state index contributed by atoms with van der Waals surface area (Å²) in [5.41, 5.74) is 0. The van der Waals surface area contributed by atoms with Gasteiger partial charge in [0, 0.05) is 6.08 Å². The Morgan fingerprint density at radius 1 is 1.40 bits per heavy atom. The molecule has 0 aromatic heterocycles. The summed E-state index contributed by atoms with van der Waals surface area (Å²) in [6.07, 6.45) is 1.73. The maximum atomic E-state index is 11.5. The van der Waals surface area contributed by atoms with E-state index in [2.05, 4.69) is 11.3 Å². The molecule has 0 radical (unpaired) electrons. The van der Waals surface area contributed by atoms with Crippen LogP contribution in [0.3, 0.4) is 0 Å². The molecule has 0 aromatic carbocycles. The van der Waals surface area contributed by atoms with Gasteiger partial charge in [0.15, 0.2) is 0 Å². The number of rotatable bonds is 5. The van der Waals surface area contributed by atoms with Crippen LogP contribution in [-0.4, -0.2) is 32.4 Å². The molecule has 86 valence electrons. The highest BCUT2D eigenvalue weighted by Crippen LogP contribution is 2.51. The molecule has 1 aliphatic rings. The van der Waals surface area contributed by atoms with Crippen LogP contribution in [0.25, 0.3) is 0 Å². The molecule has 0 aliphatic carbocycles. The molecule has 1 heterocycles. The minimum Gasteiger partial charge on any atom is -0.460 e. The van der Waals surface area contributed by atoms with Gasteiger partial charge in [-0.1, -0.05) is 6.58 Å². The minimum absolute atomic E-state index is 0.0123. The topological polar surface area (TPSA) is 71.1 Å². The van der Waals surface area contributed by atoms with Crippen molar-refractivity contribution in [2.45, 2.75) is 6.42 Å². The maximum Gasteiger partial charge on any atom is 0.474 e. The lowest BCUT2D eigenvalue weighted by atomic mass is 10.5. The first kappa shape index (κ1) is 12.4. The lowest BCUT2D eigenvalue weighted by Gasteiger charge is -2.21. The lowest BCUT2D eigenvalue weighted by molar-refractivity contribution is -0.138. The molecule has 0 spiro atoms. The van der Waals surface area contributed by atoms with E-state index in [-0.39, 0.29) is 13.2 Å². The number of hydrogen-bond acceptors (Lipinski definition) is 6. The number of esters is 1. The van der Waals surface area contributed by atoms with Gasteiger partial charge in [0.05, 0.1) is 19.8 Å². The average Bonchev–Trinajstić information content (AvgIpc) is 2.25. The van der Waals surface area contributed by atoms with Crippen molar-refractivity contribution < 1.29 is 27.7 Å². The predicted octanol–water partition coefficient (Wildman–Crippen LogP) is 1.28. The fourth-order valence-corrected chi connectivity index (χ4v) is 2.10. The van der Waals surface area contributed by atoms with Gasteiger partial charge >= 0.3 is 13.8 Å². The Bertz CT molecular complexity index is 266. The SMILES string of the molecule is C=CC(=O)OCCOP1(=O)OCCCO1. The molecule has 1 saturated heterocycles. The van der Waals surface area contributed by atoms with Crippen LogP contribution >= 0.6 is 7.82 Å². The first-order valence-electron chi connectivity index (χ1n) is 4.49. The fourth-order valence-electron chi connectivity index (χ4n) is 0.874. The van der Waals surface area contributed by atoms with Crippen LogP contribution in [0.4, 0.5) is 0 Å². The summed E-state index contributed by atoms with van der Waals surface area (Å²) in [5.74, 6) is -0.553. The van der Waals surface area contributed by atoms with E-state index in [0.717, 1.165) is 6.08 Å². The summed E-state index contributed by atoms with van der Waals surface area (Å²) in [4.78, 5) is 10.6. The Hall–Kier alpha value is -0.680. The second kappa shape index (κ2) is 6.02. The van der Waals surface area contributed by atoms with E-state index in [1.165, 1.54) is 0 Å². The number of carbonyl (C=O) groups is 1. The standard InChI is InChI=1S/C8H13O6P/c1-2-8(9)11-6-7-14-15(10)12-4-3-5-13-15/h2H,1,3-7H2. The predicted molar refractivity (Wildman–Crippen MR) is 51.2 cm³/mol. The monoisotopic (exact) mass is 236 g/mol. The molecular weight excluding hydrogens is 223 g/mol. The van der Waals surface area contributed by atoms with Gasteiger partial charge in [-0.25, -0.2) is 9.36 Å². The highest BCUT2D eigenvalue weighted by Gasteiger charge is 2.29. The largest absolute Gasteiger partial charge is 0.474 e. The lowest BCUT2D eigenvalue weighted by Crippen LogP contribution is -2.13. The molecule has 0 bridgehead atoms. The highest BCUT2D eigenvalue weighted by atomic mass is 31.2. The first-order chi connectivity index (χ1) is 7.16. The van der Waals surface area contributed by atoms with Gasteiger partial charge in [-0.15, -0.1) is 0 Å². The number of phosphoric ester groups is 1. The quantitative estimate of drug-likeness (QED) is 0.310. The Kier molecular flexibility index (Phi) is 4.98. The van der Waals surface area contributed by atoms with Crippen molar-refractivity contribution in [2.75, 3.05) is 26.4 Å². The normalized spacial score (nSPS) is 19.5. The van der Waals surface area contributed by atoms with Crippen LogP contribution < -0.4 is 0 Å². The zero-order valence-electron chi connectivity index (χ0n) is 8.22. The first-order valence-corrected chi connectivity index (χ1v) is 5.95. The summed E-state index contributed by atoms with van der Waals surface area (Å²) in [6.45, 7) is 3.88. The van der Waals surface area contributed by atoms with Crippen molar-refractivity contribution in [1.29, 1.82) is 0 Å². The maximum absolute atomic E-state index is 11.5. The molecule has 1 aliphatic heterocycles. The van der Waals surface area contributed by atoms with Crippen molar-refractivity contribution in [3.63, 3.8) is 0 Å². The van der Waals surface area contributed by atoms with Gasteiger partial charge in [-0.2, -0.15) is 0 Å². The van der Waals surface area contributed by atoms with Crippen molar-refractivity contribution in [2.24, 2.45) is 0 Å². The van der Waals surface area contributed by atoms with E-state index in [1.807, 2.05) is 0 Å². The summed E-state index contributed by atoms with van der Waals surface area (Å²) < 4.78 is 30.7. The number of hydrogen-bond donors (Lipinski definition) is 0. The van der Waals surface area contributed by atoms with E-state index in [4.69, 9.17) is 13.6 Å². The van der Waals surface area contributed by atoms with Crippen LogP contribution in [0.2, 0.25) is 0 Å². The van der Waals surface area contributed by atoms with Crippen molar-refractivity contribution in [3.05, 3.63) is 12.7 Å². The van der Waals surface area contributed by atoms with Crippen LogP contribution in [0.15, 0.2) is 12.7 Å². The van der Waals surface area contributed by atoms with Crippen molar-refractivity contribution in [1.82, 2.24) is 0 Å². The van der Waals surface area contributed by atoms with Crippen molar-refractivity contribution in [3.8, 4) is 0 Å². The summed E-state index contributed by atoms with van der Waals surface area (Å²) in [6, 6.07) is 0. The molecule has 15 heavy (non-hydrogen) atoms. The summed E-state index contributed by atoms with van der Waals surface area (Å²) >= 11 is 0. The minimum atomic E-state index is -3.40. The van der Waals surface area contributed by atoms with Crippen molar-refractivity contribution >= 4 is 13.8 Å². The molecular formula is C8H13O6P. The molecule has 0 unspecified atom stereocenters. The van der Waals surface area contributed by atoms with Gasteiger partial charge in [-0.3, -0.25) is 13.6 Å². The van der Waals surface area contributed by atoms with Crippen LogP contribution in [-0.2, 0) is 27.7 Å². The molecule has 1 rings (SSSR count). The van der Waals surface area contributed by atoms with Gasteiger partial charge in [0.25, 0.3) is 0 Å². The third kappa shape index (κ3) is 4.57. The Labute approximate surface area is 87.8 Å². The second-order valence-corrected chi connectivity index (χ2v) is 4.34. The molecule has 6 nitrogen and oxygen atoms in total. The molecule has 0 aromatic rings. The Morgan fingerprint density at radius 3 is 2.67 bits per heavy atom.